The van der Waals surface area contributed by atoms with Crippen LogP contribution >= 0.6 is 0 Å². The lowest BCUT2D eigenvalue weighted by atomic mass is 10.1. The molecule has 2 heteroatoms. The van der Waals surface area contributed by atoms with Gasteiger partial charge in [0.1, 0.15) is 0 Å². The minimum absolute atomic E-state index is 0.814. The van der Waals surface area contributed by atoms with E-state index in [1.54, 1.807) is 0 Å². The lowest BCUT2D eigenvalue weighted by Gasteiger charge is -2.14. The zero-order chi connectivity index (χ0) is 10.3. The molecule has 0 radical (unpaired) electrons. The maximum absolute atomic E-state index is 5.66. The third-order valence-corrected chi connectivity index (χ3v) is 3.77. The van der Waals surface area contributed by atoms with Crippen molar-refractivity contribution in [3.05, 3.63) is 35.4 Å². The molecule has 2 N–H and O–H groups in total. The fourth-order valence-electron chi connectivity index (χ4n) is 2.69. The van der Waals surface area contributed by atoms with Crippen molar-refractivity contribution < 1.29 is 0 Å². The summed E-state index contributed by atoms with van der Waals surface area (Å²) in [5.41, 5.74) is 8.70. The summed E-state index contributed by atoms with van der Waals surface area (Å²) in [4.78, 5) is 2.56. The van der Waals surface area contributed by atoms with E-state index < -0.39 is 0 Å². The minimum atomic E-state index is 0.814. The third kappa shape index (κ3) is 1.80. The van der Waals surface area contributed by atoms with E-state index in [9.17, 15) is 0 Å². The van der Waals surface area contributed by atoms with Crippen molar-refractivity contribution >= 4 is 0 Å². The van der Waals surface area contributed by atoms with Gasteiger partial charge in [-0.05, 0) is 35.9 Å². The van der Waals surface area contributed by atoms with Gasteiger partial charge in [0.05, 0.1) is 0 Å². The molecule has 0 aromatic heterocycles. The molecular weight excluding hydrogens is 184 g/mol. The highest BCUT2D eigenvalue weighted by molar-refractivity contribution is 5.30. The zero-order valence-electron chi connectivity index (χ0n) is 9.02. The monoisotopic (exact) mass is 202 g/mol. The molecule has 1 fully saturated rings. The van der Waals surface area contributed by atoms with E-state index in [2.05, 4.69) is 29.2 Å². The molecule has 15 heavy (non-hydrogen) atoms. The number of rotatable bonds is 3. The summed E-state index contributed by atoms with van der Waals surface area (Å²) in [5, 5.41) is 0. The fraction of sp³-hybridized carbons (Fsp3) is 0.538. The first-order chi connectivity index (χ1) is 7.36. The molecule has 1 saturated carbocycles. The van der Waals surface area contributed by atoms with E-state index in [0.717, 1.165) is 31.5 Å². The third-order valence-electron chi connectivity index (χ3n) is 3.77. The van der Waals surface area contributed by atoms with Gasteiger partial charge >= 0.3 is 0 Å². The first-order valence-electron chi connectivity index (χ1n) is 5.86. The smallest absolute Gasteiger partial charge is 0.0240 e. The van der Waals surface area contributed by atoms with Gasteiger partial charge in [-0.2, -0.15) is 0 Å². The van der Waals surface area contributed by atoms with Crippen molar-refractivity contribution in [1.82, 2.24) is 4.90 Å². The number of hydrogen-bond acceptors (Lipinski definition) is 2. The molecule has 0 amide bonds. The molecule has 0 unspecified atom stereocenters. The predicted molar refractivity (Wildman–Crippen MR) is 61.2 cm³/mol. The molecule has 3 rings (SSSR count). The van der Waals surface area contributed by atoms with Crippen LogP contribution in [0.2, 0.25) is 0 Å². The number of hydrogen-bond donors (Lipinski definition) is 1. The van der Waals surface area contributed by atoms with Crippen LogP contribution < -0.4 is 5.73 Å². The Morgan fingerprint density at radius 2 is 1.80 bits per heavy atom. The Balaban J connectivity index is 1.60. The largest absolute Gasteiger partial charge is 0.330 e. The summed E-state index contributed by atoms with van der Waals surface area (Å²) < 4.78 is 0. The fourth-order valence-corrected chi connectivity index (χ4v) is 2.69. The highest BCUT2D eigenvalue weighted by atomic mass is 15.1. The van der Waals surface area contributed by atoms with Crippen molar-refractivity contribution in [3.8, 4) is 0 Å². The van der Waals surface area contributed by atoms with E-state index in [0.29, 0.717) is 0 Å². The van der Waals surface area contributed by atoms with Gasteiger partial charge < -0.3 is 5.73 Å². The molecule has 1 heterocycles. The Morgan fingerprint density at radius 3 is 2.33 bits per heavy atom. The number of benzene rings is 1. The highest BCUT2D eigenvalue weighted by Crippen LogP contribution is 2.39. The van der Waals surface area contributed by atoms with Gasteiger partial charge in [0.15, 0.2) is 0 Å². The Hall–Kier alpha value is -0.860. The second-order valence-electron chi connectivity index (χ2n) is 4.93. The van der Waals surface area contributed by atoms with E-state index >= 15 is 0 Å². The molecule has 2 nitrogen and oxygen atoms in total. The van der Waals surface area contributed by atoms with Crippen LogP contribution in [-0.4, -0.2) is 18.0 Å². The summed E-state index contributed by atoms with van der Waals surface area (Å²) >= 11 is 0. The molecule has 2 atom stereocenters. The first kappa shape index (κ1) is 9.37. The minimum Gasteiger partial charge on any atom is -0.330 e. The number of fused-ring (bicyclic) bond motifs is 1. The maximum Gasteiger partial charge on any atom is 0.0240 e. The van der Waals surface area contributed by atoms with Gasteiger partial charge in [-0.3, -0.25) is 4.90 Å². The van der Waals surface area contributed by atoms with Crippen LogP contribution in [0.3, 0.4) is 0 Å². The molecule has 1 aliphatic carbocycles. The molecule has 0 bridgehead atoms. The molecule has 2 aliphatic rings. The van der Waals surface area contributed by atoms with Crippen LogP contribution in [0.1, 0.15) is 17.5 Å². The summed E-state index contributed by atoms with van der Waals surface area (Å²) in [6.07, 6.45) is 1.35. The van der Waals surface area contributed by atoms with Crippen LogP contribution in [0.4, 0.5) is 0 Å². The van der Waals surface area contributed by atoms with Crippen LogP contribution in [0.15, 0.2) is 24.3 Å². The SMILES string of the molecule is NC[C@@H]1C[C@H]1CN1Cc2ccccc2C1. The van der Waals surface area contributed by atoms with Gasteiger partial charge in [-0.15, -0.1) is 0 Å². The van der Waals surface area contributed by atoms with E-state index in [-0.39, 0.29) is 0 Å². The molecule has 1 aromatic carbocycles. The summed E-state index contributed by atoms with van der Waals surface area (Å²) in [7, 11) is 0. The van der Waals surface area contributed by atoms with Gasteiger partial charge in [0.25, 0.3) is 0 Å². The Kier molecular flexibility index (Phi) is 2.26. The molecule has 0 saturated heterocycles. The van der Waals surface area contributed by atoms with Crippen LogP contribution in [0, 0.1) is 11.8 Å². The van der Waals surface area contributed by atoms with Crippen molar-refractivity contribution in [2.24, 2.45) is 17.6 Å². The van der Waals surface area contributed by atoms with Gasteiger partial charge in [-0.1, -0.05) is 24.3 Å². The second kappa shape index (κ2) is 3.62. The molecule has 80 valence electrons. The second-order valence-corrected chi connectivity index (χ2v) is 4.93. The van der Waals surface area contributed by atoms with Gasteiger partial charge in [0.2, 0.25) is 0 Å². The van der Waals surface area contributed by atoms with Crippen molar-refractivity contribution in [1.29, 1.82) is 0 Å². The molecular formula is C13H18N2. The maximum atomic E-state index is 5.66. The Labute approximate surface area is 91.1 Å². The van der Waals surface area contributed by atoms with Crippen molar-refractivity contribution in [3.63, 3.8) is 0 Å². The zero-order valence-corrected chi connectivity index (χ0v) is 9.02. The normalized spacial score (nSPS) is 29.1. The van der Waals surface area contributed by atoms with E-state index in [1.807, 2.05) is 0 Å². The van der Waals surface area contributed by atoms with Crippen molar-refractivity contribution in [2.45, 2.75) is 19.5 Å². The van der Waals surface area contributed by atoms with Crippen LogP contribution in [0.5, 0.6) is 0 Å². The summed E-state index contributed by atoms with van der Waals surface area (Å²) in [6.45, 7) is 4.41. The number of nitrogens with zero attached hydrogens (tertiary/aromatic N) is 1. The average molecular weight is 202 g/mol. The lowest BCUT2D eigenvalue weighted by molar-refractivity contribution is 0.267. The summed E-state index contributed by atoms with van der Waals surface area (Å²) in [6, 6.07) is 8.79. The van der Waals surface area contributed by atoms with Crippen LogP contribution in [-0.2, 0) is 13.1 Å². The van der Waals surface area contributed by atoms with Crippen LogP contribution in [0.25, 0.3) is 0 Å². The molecule has 1 aliphatic heterocycles. The Morgan fingerprint density at radius 1 is 1.13 bits per heavy atom. The Bertz CT molecular complexity index is 336. The standard InChI is InChI=1S/C13H18N2/c14-6-12-5-13(12)9-15-7-10-3-1-2-4-11(10)8-15/h1-4,12-13H,5-9,14H2/t12-,13-/m0/s1. The van der Waals surface area contributed by atoms with E-state index in [4.69, 9.17) is 5.73 Å². The first-order valence-corrected chi connectivity index (χ1v) is 5.86. The highest BCUT2D eigenvalue weighted by Gasteiger charge is 2.37. The quantitative estimate of drug-likeness (QED) is 0.806. The van der Waals surface area contributed by atoms with Crippen molar-refractivity contribution in [2.75, 3.05) is 13.1 Å². The van der Waals surface area contributed by atoms with E-state index in [1.165, 1.54) is 24.1 Å². The topological polar surface area (TPSA) is 29.3 Å². The summed E-state index contributed by atoms with van der Waals surface area (Å²) in [5.74, 6) is 1.69. The van der Waals surface area contributed by atoms with Gasteiger partial charge in [-0.25, -0.2) is 0 Å². The lowest BCUT2D eigenvalue weighted by Crippen LogP contribution is -2.20. The average Bonchev–Trinajstić information content (AvgIpc) is 2.87. The predicted octanol–water partition coefficient (Wildman–Crippen LogP) is 1.60. The number of nitrogens with two attached hydrogens (primary N) is 1. The van der Waals surface area contributed by atoms with Gasteiger partial charge in [0, 0.05) is 19.6 Å². The molecule has 0 spiro atoms. The molecule has 1 aromatic rings.